The normalized spacial score (nSPS) is 10.7. The average Bonchev–Trinajstić information content (AvgIpc) is 3.04. The molecule has 0 aliphatic heterocycles. The fraction of sp³-hybridized carbons (Fsp3) is 0.214. The van der Waals surface area contributed by atoms with Crippen LogP contribution in [0, 0.1) is 11.3 Å². The minimum atomic E-state index is 0.166. The number of aryl methyl sites for hydroxylation is 2. The van der Waals surface area contributed by atoms with Gasteiger partial charge >= 0.3 is 0 Å². The predicted molar refractivity (Wildman–Crippen MR) is 69.3 cm³/mol. The van der Waals surface area contributed by atoms with Gasteiger partial charge in [0.1, 0.15) is 6.42 Å². The Morgan fingerprint density at radius 2 is 2.16 bits per heavy atom. The molecule has 0 aliphatic rings. The maximum atomic E-state index is 8.55. The highest BCUT2D eigenvalue weighted by Crippen LogP contribution is 2.15. The smallest absolute Gasteiger partial charge is 0.240 e. The molecule has 0 saturated heterocycles. The van der Waals surface area contributed by atoms with Gasteiger partial charge in [0.25, 0.3) is 0 Å². The van der Waals surface area contributed by atoms with E-state index in [4.69, 9.17) is 9.78 Å². The van der Waals surface area contributed by atoms with E-state index in [1.54, 1.807) is 0 Å². The minimum absolute atomic E-state index is 0.166. The highest BCUT2D eigenvalue weighted by Gasteiger charge is 2.06. The van der Waals surface area contributed by atoms with Crippen molar-refractivity contribution in [3.63, 3.8) is 0 Å². The third-order valence-electron chi connectivity index (χ3n) is 3.00. The first-order valence-electron chi connectivity index (χ1n) is 6.09. The van der Waals surface area contributed by atoms with Crippen molar-refractivity contribution < 1.29 is 4.52 Å². The van der Waals surface area contributed by atoms with Gasteiger partial charge in [0.05, 0.1) is 6.07 Å². The molecule has 0 aliphatic carbocycles. The van der Waals surface area contributed by atoms with Gasteiger partial charge in [-0.05, 0) is 17.5 Å². The lowest BCUT2D eigenvalue weighted by Gasteiger charge is -2.02. The van der Waals surface area contributed by atoms with Gasteiger partial charge in [0.15, 0.2) is 5.82 Å². The Balaban J connectivity index is 1.73. The summed E-state index contributed by atoms with van der Waals surface area (Å²) in [4.78, 5) is 4.17. The lowest BCUT2D eigenvalue weighted by molar-refractivity contribution is 0.380. The topological polar surface area (TPSA) is 67.6 Å². The van der Waals surface area contributed by atoms with Crippen LogP contribution < -0.4 is 0 Å². The second-order valence-corrected chi connectivity index (χ2v) is 4.26. The first kappa shape index (κ1) is 11.5. The number of hydrogen-bond acceptors (Lipinski definition) is 4. The number of benzene rings is 1. The van der Waals surface area contributed by atoms with Crippen molar-refractivity contribution in [1.82, 2.24) is 14.7 Å². The van der Waals surface area contributed by atoms with E-state index in [-0.39, 0.29) is 6.42 Å². The number of hydrogen-bond donors (Lipinski definition) is 0. The van der Waals surface area contributed by atoms with Crippen molar-refractivity contribution >= 4 is 10.9 Å². The first-order valence-corrected chi connectivity index (χ1v) is 6.09. The van der Waals surface area contributed by atoms with Crippen molar-refractivity contribution in [1.29, 1.82) is 5.26 Å². The molecule has 0 spiro atoms. The van der Waals surface area contributed by atoms with Crippen LogP contribution in [0.2, 0.25) is 0 Å². The molecule has 19 heavy (non-hydrogen) atoms. The van der Waals surface area contributed by atoms with Crippen LogP contribution in [-0.4, -0.2) is 14.7 Å². The maximum Gasteiger partial charge on any atom is 0.240 e. The summed E-state index contributed by atoms with van der Waals surface area (Å²) >= 11 is 0. The summed E-state index contributed by atoms with van der Waals surface area (Å²) in [6.07, 6.45) is 2.91. The fourth-order valence-corrected chi connectivity index (χ4v) is 2.09. The average molecular weight is 252 g/mol. The molecule has 5 nitrogen and oxygen atoms in total. The SMILES string of the molecule is N#CCc1nc(CCn2ccc3ccccc32)no1. The largest absolute Gasteiger partial charge is 0.347 e. The Hall–Kier alpha value is -2.61. The molecule has 0 amide bonds. The third-order valence-corrected chi connectivity index (χ3v) is 3.00. The number of rotatable bonds is 4. The van der Waals surface area contributed by atoms with E-state index in [9.17, 15) is 0 Å². The number of para-hydroxylation sites is 1. The van der Waals surface area contributed by atoms with E-state index in [1.807, 2.05) is 18.2 Å². The molecule has 0 unspecified atom stereocenters. The second-order valence-electron chi connectivity index (χ2n) is 4.26. The standard InChI is InChI=1S/C14H12N4O/c15-8-5-14-16-13(17-19-14)7-10-18-9-6-11-3-1-2-4-12(11)18/h1-4,6,9H,5,7,10H2. The third kappa shape index (κ3) is 2.33. The van der Waals surface area contributed by atoms with Crippen LogP contribution in [0.3, 0.4) is 0 Å². The van der Waals surface area contributed by atoms with Crippen molar-refractivity contribution in [3.8, 4) is 6.07 Å². The highest BCUT2D eigenvalue weighted by atomic mass is 16.5. The molecule has 2 aromatic heterocycles. The summed E-state index contributed by atoms with van der Waals surface area (Å²) in [6.45, 7) is 0.791. The Morgan fingerprint density at radius 3 is 3.05 bits per heavy atom. The molecule has 2 heterocycles. The van der Waals surface area contributed by atoms with Gasteiger partial charge < -0.3 is 9.09 Å². The Bertz CT molecular complexity index is 735. The molecule has 1 aromatic carbocycles. The van der Waals surface area contributed by atoms with Gasteiger partial charge in [-0.3, -0.25) is 0 Å². The molecule has 0 saturated carbocycles. The number of aromatic nitrogens is 3. The lowest BCUT2D eigenvalue weighted by atomic mass is 10.2. The van der Waals surface area contributed by atoms with E-state index in [2.05, 4.69) is 39.1 Å². The molecule has 0 bridgehead atoms. The summed E-state index contributed by atoms with van der Waals surface area (Å²) in [7, 11) is 0. The monoisotopic (exact) mass is 252 g/mol. The predicted octanol–water partition coefficient (Wildman–Crippen LogP) is 2.33. The number of nitriles is 1. The Morgan fingerprint density at radius 1 is 1.26 bits per heavy atom. The van der Waals surface area contributed by atoms with Gasteiger partial charge in [-0.2, -0.15) is 10.2 Å². The maximum absolute atomic E-state index is 8.55. The highest BCUT2D eigenvalue weighted by molar-refractivity contribution is 5.79. The molecule has 0 radical (unpaired) electrons. The van der Waals surface area contributed by atoms with Gasteiger partial charge in [0.2, 0.25) is 5.89 Å². The first-order chi connectivity index (χ1) is 9.36. The number of fused-ring (bicyclic) bond motifs is 1. The van der Waals surface area contributed by atoms with E-state index >= 15 is 0 Å². The van der Waals surface area contributed by atoms with Gasteiger partial charge in [-0.15, -0.1) is 0 Å². The van der Waals surface area contributed by atoms with Crippen molar-refractivity contribution in [2.24, 2.45) is 0 Å². The number of nitrogens with zero attached hydrogens (tertiary/aromatic N) is 4. The molecule has 5 heteroatoms. The molecule has 3 rings (SSSR count). The molecule has 0 fully saturated rings. The summed E-state index contributed by atoms with van der Waals surface area (Å²) in [5, 5.41) is 13.6. The Kier molecular flexibility index (Phi) is 2.99. The Labute approximate surface area is 110 Å². The summed E-state index contributed by atoms with van der Waals surface area (Å²) < 4.78 is 7.13. The molecule has 94 valence electrons. The molecule has 0 atom stereocenters. The van der Waals surface area contributed by atoms with E-state index in [0.717, 1.165) is 6.54 Å². The lowest BCUT2D eigenvalue weighted by Crippen LogP contribution is -2.01. The van der Waals surface area contributed by atoms with Crippen LogP contribution >= 0.6 is 0 Å². The van der Waals surface area contributed by atoms with Crippen LogP contribution in [0.15, 0.2) is 41.1 Å². The zero-order chi connectivity index (χ0) is 13.1. The van der Waals surface area contributed by atoms with Crippen LogP contribution in [0.4, 0.5) is 0 Å². The van der Waals surface area contributed by atoms with Crippen LogP contribution in [-0.2, 0) is 19.4 Å². The van der Waals surface area contributed by atoms with Crippen molar-refractivity contribution in [2.45, 2.75) is 19.4 Å². The molecule has 0 N–H and O–H groups in total. The quantitative estimate of drug-likeness (QED) is 0.714. The molecule has 3 aromatic rings. The minimum Gasteiger partial charge on any atom is -0.347 e. The van der Waals surface area contributed by atoms with Gasteiger partial charge in [0, 0.05) is 24.7 Å². The van der Waals surface area contributed by atoms with Crippen molar-refractivity contribution in [3.05, 3.63) is 48.2 Å². The molecular weight excluding hydrogens is 240 g/mol. The van der Waals surface area contributed by atoms with E-state index in [0.29, 0.717) is 18.1 Å². The van der Waals surface area contributed by atoms with Gasteiger partial charge in [-0.25, -0.2) is 0 Å². The summed E-state index contributed by atoms with van der Waals surface area (Å²) in [5.74, 6) is 1.03. The fourth-order valence-electron chi connectivity index (χ4n) is 2.09. The van der Waals surface area contributed by atoms with E-state index < -0.39 is 0 Å². The summed E-state index contributed by atoms with van der Waals surface area (Å²) in [5.41, 5.74) is 1.20. The van der Waals surface area contributed by atoms with Gasteiger partial charge in [-0.1, -0.05) is 23.4 Å². The zero-order valence-corrected chi connectivity index (χ0v) is 10.3. The van der Waals surface area contributed by atoms with Crippen LogP contribution in [0.25, 0.3) is 10.9 Å². The van der Waals surface area contributed by atoms with Crippen molar-refractivity contribution in [2.75, 3.05) is 0 Å². The summed E-state index contributed by atoms with van der Waals surface area (Å²) in [6, 6.07) is 12.3. The van der Waals surface area contributed by atoms with E-state index in [1.165, 1.54) is 10.9 Å². The van der Waals surface area contributed by atoms with Crippen LogP contribution in [0.5, 0.6) is 0 Å². The molecular formula is C14H12N4O. The van der Waals surface area contributed by atoms with Crippen LogP contribution in [0.1, 0.15) is 11.7 Å². The second kappa shape index (κ2) is 4.94. The zero-order valence-electron chi connectivity index (χ0n) is 10.3.